The topological polar surface area (TPSA) is 69.2 Å². The van der Waals surface area contributed by atoms with Crippen LogP contribution in [-0.4, -0.2) is 32.4 Å². The number of ether oxygens (including phenoxy) is 3. The van der Waals surface area contributed by atoms with Crippen molar-refractivity contribution in [2.45, 2.75) is 0 Å². The second-order valence-electron chi connectivity index (χ2n) is 4.89. The van der Waals surface area contributed by atoms with E-state index in [1.165, 1.54) is 6.21 Å². The van der Waals surface area contributed by atoms with Gasteiger partial charge in [-0.25, -0.2) is 5.43 Å². The average molecular weight is 340 g/mol. The summed E-state index contributed by atoms with van der Waals surface area (Å²) in [5, 5.41) is 3.92. The molecule has 0 saturated heterocycles. The van der Waals surface area contributed by atoms with Crippen molar-refractivity contribution in [3.05, 3.63) is 66.7 Å². The van der Waals surface area contributed by atoms with Crippen molar-refractivity contribution in [1.29, 1.82) is 0 Å². The fourth-order valence-corrected chi connectivity index (χ4v) is 1.89. The lowest BCUT2D eigenvalue weighted by molar-refractivity contribution is -0.123. The Morgan fingerprint density at radius 1 is 1.12 bits per heavy atom. The Hall–Kier alpha value is -3.28. The van der Waals surface area contributed by atoms with E-state index in [1.54, 1.807) is 37.5 Å². The van der Waals surface area contributed by atoms with Gasteiger partial charge in [-0.05, 0) is 36.4 Å². The van der Waals surface area contributed by atoms with Crippen molar-refractivity contribution in [1.82, 2.24) is 5.43 Å². The number of para-hydroxylation sites is 1. The van der Waals surface area contributed by atoms with Crippen molar-refractivity contribution in [3.63, 3.8) is 0 Å². The van der Waals surface area contributed by atoms with Crippen molar-refractivity contribution >= 4 is 12.1 Å². The maximum atomic E-state index is 11.8. The van der Waals surface area contributed by atoms with Crippen LogP contribution in [0, 0.1) is 0 Å². The Morgan fingerprint density at radius 2 is 1.84 bits per heavy atom. The van der Waals surface area contributed by atoms with E-state index in [1.807, 2.05) is 24.3 Å². The van der Waals surface area contributed by atoms with Crippen LogP contribution in [0.2, 0.25) is 0 Å². The van der Waals surface area contributed by atoms with E-state index < -0.39 is 0 Å². The standard InChI is InChI=1S/C19H20N2O4/c1-3-12-24-18-7-5-4-6-15(18)13-20-21-19(22)14-25-17-10-8-16(23-2)9-11-17/h3-11,13H,1,12,14H2,2H3,(H,21,22)/b20-13+. The third-order valence-corrected chi connectivity index (χ3v) is 3.10. The summed E-state index contributed by atoms with van der Waals surface area (Å²) in [6, 6.07) is 14.3. The highest BCUT2D eigenvalue weighted by Crippen LogP contribution is 2.17. The lowest BCUT2D eigenvalue weighted by Gasteiger charge is -2.07. The van der Waals surface area contributed by atoms with Gasteiger partial charge in [-0.15, -0.1) is 0 Å². The molecule has 6 heteroatoms. The monoisotopic (exact) mass is 340 g/mol. The molecule has 1 N–H and O–H groups in total. The molecule has 0 aliphatic heterocycles. The Morgan fingerprint density at radius 3 is 2.56 bits per heavy atom. The number of nitrogens with zero attached hydrogens (tertiary/aromatic N) is 1. The summed E-state index contributed by atoms with van der Waals surface area (Å²) >= 11 is 0. The van der Waals surface area contributed by atoms with Gasteiger partial charge in [-0.1, -0.05) is 24.8 Å². The van der Waals surface area contributed by atoms with Crippen LogP contribution in [0.5, 0.6) is 17.2 Å². The molecule has 6 nitrogen and oxygen atoms in total. The van der Waals surface area contributed by atoms with Crippen LogP contribution in [0.25, 0.3) is 0 Å². The molecule has 0 aliphatic carbocycles. The van der Waals surface area contributed by atoms with Crippen molar-refractivity contribution in [2.24, 2.45) is 5.10 Å². The molecule has 0 heterocycles. The summed E-state index contributed by atoms with van der Waals surface area (Å²) < 4.78 is 15.9. The van der Waals surface area contributed by atoms with Gasteiger partial charge in [0.15, 0.2) is 6.61 Å². The van der Waals surface area contributed by atoms with Gasteiger partial charge < -0.3 is 14.2 Å². The maximum Gasteiger partial charge on any atom is 0.277 e. The Balaban J connectivity index is 1.82. The molecule has 0 radical (unpaired) electrons. The van der Waals surface area contributed by atoms with E-state index in [0.717, 1.165) is 11.3 Å². The predicted octanol–water partition coefficient (Wildman–Crippen LogP) is 2.79. The van der Waals surface area contributed by atoms with Gasteiger partial charge in [0.25, 0.3) is 5.91 Å². The highest BCUT2D eigenvalue weighted by Gasteiger charge is 2.03. The van der Waals surface area contributed by atoms with Crippen LogP contribution >= 0.6 is 0 Å². The molecular weight excluding hydrogens is 320 g/mol. The quantitative estimate of drug-likeness (QED) is 0.433. The molecule has 2 aromatic carbocycles. The van der Waals surface area contributed by atoms with Crippen molar-refractivity contribution < 1.29 is 19.0 Å². The molecule has 0 bridgehead atoms. The molecule has 0 spiro atoms. The Labute approximate surface area is 146 Å². The van der Waals surface area contributed by atoms with Gasteiger partial charge in [-0.2, -0.15) is 5.10 Å². The number of hydrazone groups is 1. The highest BCUT2D eigenvalue weighted by atomic mass is 16.5. The molecule has 130 valence electrons. The average Bonchev–Trinajstić information content (AvgIpc) is 2.66. The second-order valence-corrected chi connectivity index (χ2v) is 4.89. The Bertz CT molecular complexity index is 726. The number of carbonyl (C=O) groups excluding carboxylic acids is 1. The molecule has 2 rings (SSSR count). The number of hydrogen-bond donors (Lipinski definition) is 1. The van der Waals surface area contributed by atoms with Gasteiger partial charge in [0.1, 0.15) is 23.9 Å². The third-order valence-electron chi connectivity index (χ3n) is 3.10. The van der Waals surface area contributed by atoms with E-state index in [0.29, 0.717) is 18.1 Å². The smallest absolute Gasteiger partial charge is 0.277 e. The fourth-order valence-electron chi connectivity index (χ4n) is 1.89. The van der Waals surface area contributed by atoms with Crippen LogP contribution in [-0.2, 0) is 4.79 Å². The van der Waals surface area contributed by atoms with Crippen LogP contribution in [0.4, 0.5) is 0 Å². The maximum absolute atomic E-state index is 11.8. The second kappa shape index (κ2) is 9.77. The van der Waals surface area contributed by atoms with Crippen LogP contribution in [0.15, 0.2) is 66.3 Å². The first kappa shape index (κ1) is 18.1. The van der Waals surface area contributed by atoms with E-state index >= 15 is 0 Å². The zero-order valence-corrected chi connectivity index (χ0v) is 14.0. The normalized spacial score (nSPS) is 10.3. The minimum absolute atomic E-state index is 0.141. The molecule has 0 fully saturated rings. The first-order chi connectivity index (χ1) is 12.2. The molecule has 0 aliphatic rings. The van der Waals surface area contributed by atoms with E-state index in [2.05, 4.69) is 17.1 Å². The van der Waals surface area contributed by atoms with Gasteiger partial charge in [0.2, 0.25) is 0 Å². The number of amides is 1. The summed E-state index contributed by atoms with van der Waals surface area (Å²) in [5.74, 6) is 1.59. The predicted molar refractivity (Wildman–Crippen MR) is 96.4 cm³/mol. The molecule has 2 aromatic rings. The van der Waals surface area contributed by atoms with Gasteiger partial charge in [0, 0.05) is 5.56 Å². The first-order valence-electron chi connectivity index (χ1n) is 7.64. The summed E-state index contributed by atoms with van der Waals surface area (Å²) in [7, 11) is 1.59. The van der Waals surface area contributed by atoms with Crippen molar-refractivity contribution in [3.8, 4) is 17.2 Å². The van der Waals surface area contributed by atoms with E-state index in [4.69, 9.17) is 14.2 Å². The lowest BCUT2D eigenvalue weighted by Crippen LogP contribution is -2.24. The molecule has 1 amide bonds. The Kier molecular flexibility index (Phi) is 7.06. The molecule has 0 atom stereocenters. The van der Waals surface area contributed by atoms with Gasteiger partial charge >= 0.3 is 0 Å². The summed E-state index contributed by atoms with van der Waals surface area (Å²) in [6.07, 6.45) is 3.18. The van der Waals surface area contributed by atoms with E-state index in [9.17, 15) is 4.79 Å². The highest BCUT2D eigenvalue weighted by molar-refractivity contribution is 5.85. The molecule has 25 heavy (non-hydrogen) atoms. The number of hydrogen-bond acceptors (Lipinski definition) is 5. The van der Waals surface area contributed by atoms with Gasteiger partial charge in [-0.3, -0.25) is 4.79 Å². The molecule has 0 saturated carbocycles. The number of rotatable bonds is 9. The first-order valence-corrected chi connectivity index (χ1v) is 7.64. The summed E-state index contributed by atoms with van der Waals surface area (Å²) in [6.45, 7) is 3.86. The SMILES string of the molecule is C=CCOc1ccccc1/C=N/NC(=O)COc1ccc(OC)cc1. The molecule has 0 unspecified atom stereocenters. The minimum Gasteiger partial charge on any atom is -0.497 e. The van der Waals surface area contributed by atoms with E-state index in [-0.39, 0.29) is 12.5 Å². The number of methoxy groups -OCH3 is 1. The summed E-state index contributed by atoms with van der Waals surface area (Å²) in [5.41, 5.74) is 3.16. The van der Waals surface area contributed by atoms with Crippen LogP contribution in [0.3, 0.4) is 0 Å². The largest absolute Gasteiger partial charge is 0.497 e. The third kappa shape index (κ3) is 6.02. The minimum atomic E-state index is -0.364. The zero-order chi connectivity index (χ0) is 17.9. The van der Waals surface area contributed by atoms with Crippen LogP contribution < -0.4 is 19.6 Å². The molecule has 0 aromatic heterocycles. The number of benzene rings is 2. The van der Waals surface area contributed by atoms with Crippen LogP contribution in [0.1, 0.15) is 5.56 Å². The number of carbonyl (C=O) groups is 1. The lowest BCUT2D eigenvalue weighted by atomic mass is 10.2. The molecular formula is C19H20N2O4. The zero-order valence-electron chi connectivity index (χ0n) is 14.0. The fraction of sp³-hybridized carbons (Fsp3) is 0.158. The van der Waals surface area contributed by atoms with Gasteiger partial charge in [0.05, 0.1) is 13.3 Å². The number of nitrogens with one attached hydrogen (secondary N) is 1. The summed E-state index contributed by atoms with van der Waals surface area (Å²) in [4.78, 5) is 11.8. The van der Waals surface area contributed by atoms with Crippen molar-refractivity contribution in [2.75, 3.05) is 20.3 Å².